The summed E-state index contributed by atoms with van der Waals surface area (Å²) in [7, 11) is 0. The zero-order chi connectivity index (χ0) is 2.71. The molecule has 3 radical (unpaired) electrons. The molecule has 0 aromatic rings. The van der Waals surface area contributed by atoms with Crippen molar-refractivity contribution in [1.29, 1.82) is 0 Å². The SMILES string of the molecule is [CH2-]C[CH2-].[Y].[Y].[Y]. The van der Waals surface area contributed by atoms with Crippen molar-refractivity contribution in [3.8, 4) is 0 Å². The van der Waals surface area contributed by atoms with Crippen molar-refractivity contribution < 1.29 is 98.1 Å². The normalized spacial score (nSPS) is 3.00. The van der Waals surface area contributed by atoms with E-state index in [-0.39, 0.29) is 98.1 Å². The molecule has 0 saturated heterocycles. The van der Waals surface area contributed by atoms with E-state index in [1.54, 1.807) is 0 Å². The molecule has 0 aliphatic carbocycles. The summed E-state index contributed by atoms with van der Waals surface area (Å²) in [6, 6.07) is 0. The van der Waals surface area contributed by atoms with Crippen LogP contribution in [0.25, 0.3) is 0 Å². The van der Waals surface area contributed by atoms with Crippen LogP contribution in [-0.4, -0.2) is 0 Å². The maximum Gasteiger partial charge on any atom is 0 e. The summed E-state index contributed by atoms with van der Waals surface area (Å²) >= 11 is 0. The van der Waals surface area contributed by atoms with Crippen molar-refractivity contribution in [1.82, 2.24) is 0 Å². The Hall–Kier alpha value is 3.31. The molecule has 0 heterocycles. The van der Waals surface area contributed by atoms with Gasteiger partial charge in [0.05, 0.1) is 0 Å². The second-order valence-electron chi connectivity index (χ2n) is 0.354. The van der Waals surface area contributed by atoms with Crippen molar-refractivity contribution in [2.24, 2.45) is 0 Å². The third-order valence-corrected chi connectivity index (χ3v) is 0. The third-order valence-electron chi connectivity index (χ3n) is 0. The van der Waals surface area contributed by atoms with E-state index in [2.05, 4.69) is 13.8 Å². The number of hydrogen-bond acceptors (Lipinski definition) is 0. The predicted molar refractivity (Wildman–Crippen MR) is 15.3 cm³/mol. The van der Waals surface area contributed by atoms with Gasteiger partial charge < -0.3 is 20.3 Å². The van der Waals surface area contributed by atoms with Crippen LogP contribution in [0.15, 0.2) is 0 Å². The first-order valence-corrected chi connectivity index (χ1v) is 1.000. The summed E-state index contributed by atoms with van der Waals surface area (Å²) in [5.74, 6) is 0. The molecule has 0 aromatic heterocycles. The monoisotopic (exact) mass is 309 g/mol. The third kappa shape index (κ3) is 26.6. The van der Waals surface area contributed by atoms with Gasteiger partial charge in [0, 0.05) is 98.1 Å². The van der Waals surface area contributed by atoms with Gasteiger partial charge >= 0.3 is 0 Å². The van der Waals surface area contributed by atoms with E-state index in [1.807, 2.05) is 0 Å². The van der Waals surface area contributed by atoms with Crippen LogP contribution in [0.1, 0.15) is 6.42 Å². The van der Waals surface area contributed by atoms with Crippen LogP contribution < -0.4 is 0 Å². The Bertz CT molecular complexity index is 6.00. The molecule has 6 heavy (non-hydrogen) atoms. The second kappa shape index (κ2) is 23.9. The number of hydrogen-bond donors (Lipinski definition) is 0. The fraction of sp³-hybridized carbons (Fsp3) is 0.333. The molecule has 0 aliphatic heterocycles. The maximum absolute atomic E-state index is 3.38. The van der Waals surface area contributed by atoms with Crippen LogP contribution in [0, 0.1) is 13.8 Å². The average Bonchev–Trinajstić information content (AvgIpc) is 0.918. The molecule has 0 rings (SSSR count). The zero-order valence-electron chi connectivity index (χ0n) is 3.85. The predicted octanol–water partition coefficient (Wildman–Crippen LogP) is 1.04. The minimum Gasteiger partial charge on any atom is -0.372 e. The molecule has 0 aromatic carbocycles. The summed E-state index contributed by atoms with van der Waals surface area (Å²) in [5.41, 5.74) is 0. The van der Waals surface area contributed by atoms with Gasteiger partial charge in [-0.25, -0.2) is 0 Å². The van der Waals surface area contributed by atoms with Crippen molar-refractivity contribution in [2.45, 2.75) is 6.42 Å². The quantitative estimate of drug-likeness (QED) is 0.587. The summed E-state index contributed by atoms with van der Waals surface area (Å²) in [6.07, 6.45) is 0.750. The molecule has 0 spiro atoms. The van der Waals surface area contributed by atoms with Gasteiger partial charge in [-0.2, -0.15) is 0 Å². The van der Waals surface area contributed by atoms with Crippen molar-refractivity contribution in [3.05, 3.63) is 13.8 Å². The van der Waals surface area contributed by atoms with Gasteiger partial charge in [0.25, 0.3) is 0 Å². The minimum atomic E-state index is 0. The summed E-state index contributed by atoms with van der Waals surface area (Å²) in [5, 5.41) is 0. The van der Waals surface area contributed by atoms with Gasteiger partial charge in [0.2, 0.25) is 0 Å². The van der Waals surface area contributed by atoms with Crippen LogP contribution in [-0.2, 0) is 98.1 Å². The van der Waals surface area contributed by atoms with E-state index in [0.717, 1.165) is 6.42 Å². The van der Waals surface area contributed by atoms with Gasteiger partial charge in [-0.05, 0) is 0 Å². The van der Waals surface area contributed by atoms with Crippen LogP contribution in [0.4, 0.5) is 0 Å². The van der Waals surface area contributed by atoms with Gasteiger partial charge in [-0.15, -0.1) is 0 Å². The molecule has 3 heteroatoms. The van der Waals surface area contributed by atoms with Crippen molar-refractivity contribution >= 4 is 0 Å². The van der Waals surface area contributed by atoms with Gasteiger partial charge in [0.15, 0.2) is 0 Å². The molecule has 29 valence electrons. The second-order valence-corrected chi connectivity index (χ2v) is 0.354. The summed E-state index contributed by atoms with van der Waals surface area (Å²) in [4.78, 5) is 0. The van der Waals surface area contributed by atoms with Crippen LogP contribution >= 0.6 is 0 Å². The topological polar surface area (TPSA) is 0 Å². The van der Waals surface area contributed by atoms with Crippen LogP contribution in [0.5, 0.6) is 0 Å². The molecule has 0 aliphatic rings. The molecule has 0 bridgehead atoms. The Balaban J connectivity index is -0.00000000667. The molecule has 0 nitrogen and oxygen atoms in total. The Kier molecular flexibility index (Phi) is 90.8. The molecule has 0 atom stereocenters. The maximum atomic E-state index is 3.38. The first-order valence-electron chi connectivity index (χ1n) is 1.000. The molecule has 0 N–H and O–H groups in total. The standard InChI is InChI=1S/C3H6.3Y/c1-3-2;;;/h1-3H2;;;/q-2;;;. The zero-order valence-corrected chi connectivity index (χ0v) is 12.4. The summed E-state index contributed by atoms with van der Waals surface area (Å²) in [6.45, 7) is 6.75. The Labute approximate surface area is 116 Å². The Morgan fingerprint density at radius 2 is 0.833 bits per heavy atom. The van der Waals surface area contributed by atoms with Crippen molar-refractivity contribution in [3.63, 3.8) is 0 Å². The largest absolute Gasteiger partial charge is 0.372 e. The van der Waals surface area contributed by atoms with Crippen LogP contribution in [0.3, 0.4) is 0 Å². The van der Waals surface area contributed by atoms with Gasteiger partial charge in [-0.3, -0.25) is 0 Å². The minimum absolute atomic E-state index is 0. The van der Waals surface area contributed by atoms with E-state index in [0.29, 0.717) is 0 Å². The van der Waals surface area contributed by atoms with Crippen LogP contribution in [0.2, 0.25) is 0 Å². The smallest absolute Gasteiger partial charge is 0 e. The fourth-order valence-electron chi connectivity index (χ4n) is 0. The van der Waals surface area contributed by atoms with E-state index in [9.17, 15) is 0 Å². The summed E-state index contributed by atoms with van der Waals surface area (Å²) < 4.78 is 0. The molecular weight excluding hydrogens is 303 g/mol. The molecular formula is C3H6Y3-2. The average molecular weight is 309 g/mol. The van der Waals surface area contributed by atoms with E-state index < -0.39 is 0 Å². The van der Waals surface area contributed by atoms with Gasteiger partial charge in [-0.1, -0.05) is 0 Å². The Morgan fingerprint density at radius 1 is 0.833 bits per heavy atom. The molecule has 0 saturated carbocycles. The number of rotatable bonds is 0. The van der Waals surface area contributed by atoms with Crippen molar-refractivity contribution in [2.75, 3.05) is 0 Å². The van der Waals surface area contributed by atoms with E-state index in [4.69, 9.17) is 0 Å². The fourth-order valence-corrected chi connectivity index (χ4v) is 0. The molecule has 0 unspecified atom stereocenters. The first kappa shape index (κ1) is 22.8. The Morgan fingerprint density at radius 3 is 0.833 bits per heavy atom. The first-order chi connectivity index (χ1) is 1.41. The van der Waals surface area contributed by atoms with E-state index >= 15 is 0 Å². The molecule has 0 amide bonds. The van der Waals surface area contributed by atoms with E-state index in [1.165, 1.54) is 0 Å². The van der Waals surface area contributed by atoms with Gasteiger partial charge in [0.1, 0.15) is 0 Å². The molecule has 0 fully saturated rings.